The lowest BCUT2D eigenvalue weighted by Crippen LogP contribution is -2.48. The number of halogens is 1. The molecule has 1 fully saturated rings. The molecule has 5 heteroatoms. The normalized spacial score (nSPS) is 24.0. The summed E-state index contributed by atoms with van der Waals surface area (Å²) in [5, 5.41) is 5.89. The first kappa shape index (κ1) is 14.8. The lowest BCUT2D eigenvalue weighted by molar-refractivity contribution is -0.122. The maximum atomic E-state index is 12.9. The van der Waals surface area contributed by atoms with Crippen LogP contribution in [0.5, 0.6) is 0 Å². The van der Waals surface area contributed by atoms with Gasteiger partial charge in [-0.05, 0) is 49.9 Å². The molecule has 116 valence electrons. The number of fused-ring (bicyclic) bond motifs is 1. The first-order chi connectivity index (χ1) is 10.6. The Morgan fingerprint density at radius 1 is 1.27 bits per heavy atom. The zero-order chi connectivity index (χ0) is 15.6. The molecule has 2 amide bonds. The molecule has 3 rings (SSSR count). The van der Waals surface area contributed by atoms with Crippen LogP contribution in [0.1, 0.15) is 42.5 Å². The van der Waals surface area contributed by atoms with Crippen LogP contribution in [-0.2, 0) is 4.79 Å². The Balaban J connectivity index is 1.70. The molecule has 1 atom stereocenters. The number of carbonyl (C=O) groups is 2. The Bertz CT molecular complexity index is 624. The molecular weight excluding hydrogens is 283 g/mol. The summed E-state index contributed by atoms with van der Waals surface area (Å²) in [5.41, 5.74) is 1.23. The molecule has 0 aromatic heterocycles. The van der Waals surface area contributed by atoms with Crippen LogP contribution in [0.4, 0.5) is 4.39 Å². The molecule has 0 spiro atoms. The van der Waals surface area contributed by atoms with Crippen molar-refractivity contribution in [1.29, 1.82) is 0 Å². The number of carbonyl (C=O) groups excluding carboxylic acids is 2. The average molecular weight is 302 g/mol. The Labute approximate surface area is 128 Å². The number of piperidine rings is 1. The number of benzene rings is 1. The fourth-order valence-electron chi connectivity index (χ4n) is 3.27. The highest BCUT2D eigenvalue weighted by atomic mass is 19.1. The van der Waals surface area contributed by atoms with Gasteiger partial charge in [0.05, 0.1) is 0 Å². The van der Waals surface area contributed by atoms with Crippen LogP contribution in [0.15, 0.2) is 36.0 Å². The van der Waals surface area contributed by atoms with Crippen molar-refractivity contribution in [2.75, 3.05) is 6.54 Å². The van der Waals surface area contributed by atoms with Crippen molar-refractivity contribution in [3.63, 3.8) is 0 Å². The monoisotopic (exact) mass is 302 g/mol. The molecule has 0 saturated carbocycles. The minimum atomic E-state index is -0.359. The summed E-state index contributed by atoms with van der Waals surface area (Å²) in [6.45, 7) is 0.495. The lowest BCUT2D eigenvalue weighted by atomic mass is 9.70. The standard InChI is InChI=1S/C17H19FN2O2/c18-13-6-4-12(5-7-13)16(22)19-11-17-9-2-1-3-14(17)20-15(21)8-10-17/h3-7H,1-2,8-11H2,(H,19,22)(H,20,21). The largest absolute Gasteiger partial charge is 0.351 e. The van der Waals surface area contributed by atoms with Crippen molar-refractivity contribution in [2.24, 2.45) is 5.41 Å². The Morgan fingerprint density at radius 3 is 2.82 bits per heavy atom. The number of amides is 2. The van der Waals surface area contributed by atoms with Gasteiger partial charge in [0, 0.05) is 29.6 Å². The molecule has 1 saturated heterocycles. The Hall–Kier alpha value is -2.17. The van der Waals surface area contributed by atoms with Crippen molar-refractivity contribution < 1.29 is 14.0 Å². The van der Waals surface area contributed by atoms with Crippen LogP contribution in [0.2, 0.25) is 0 Å². The maximum Gasteiger partial charge on any atom is 0.251 e. The highest BCUT2D eigenvalue weighted by Crippen LogP contribution is 2.42. The van der Waals surface area contributed by atoms with Gasteiger partial charge in [-0.3, -0.25) is 9.59 Å². The second-order valence-corrected chi connectivity index (χ2v) is 6.03. The third-order valence-corrected chi connectivity index (χ3v) is 4.58. The van der Waals surface area contributed by atoms with Gasteiger partial charge in [-0.1, -0.05) is 6.08 Å². The second kappa shape index (κ2) is 5.91. The summed E-state index contributed by atoms with van der Waals surface area (Å²) in [7, 11) is 0. The van der Waals surface area contributed by atoms with E-state index in [9.17, 15) is 14.0 Å². The van der Waals surface area contributed by atoms with E-state index in [0.29, 0.717) is 18.5 Å². The van der Waals surface area contributed by atoms with Crippen LogP contribution in [0.3, 0.4) is 0 Å². The Kier molecular flexibility index (Phi) is 3.96. The predicted octanol–water partition coefficient (Wildman–Crippen LogP) is 2.52. The van der Waals surface area contributed by atoms with Gasteiger partial charge in [-0.15, -0.1) is 0 Å². The summed E-state index contributed by atoms with van der Waals surface area (Å²) in [6, 6.07) is 5.51. The molecule has 4 nitrogen and oxygen atoms in total. The first-order valence-corrected chi connectivity index (χ1v) is 7.63. The lowest BCUT2D eigenvalue weighted by Gasteiger charge is -2.42. The van der Waals surface area contributed by atoms with E-state index in [0.717, 1.165) is 31.4 Å². The van der Waals surface area contributed by atoms with E-state index in [1.54, 1.807) is 0 Å². The zero-order valence-electron chi connectivity index (χ0n) is 12.3. The van der Waals surface area contributed by atoms with Gasteiger partial charge in [0.2, 0.25) is 5.91 Å². The van der Waals surface area contributed by atoms with E-state index in [4.69, 9.17) is 0 Å². The van der Waals surface area contributed by atoms with Gasteiger partial charge in [-0.25, -0.2) is 4.39 Å². The van der Waals surface area contributed by atoms with Crippen molar-refractivity contribution in [3.8, 4) is 0 Å². The highest BCUT2D eigenvalue weighted by molar-refractivity contribution is 5.94. The van der Waals surface area contributed by atoms with E-state index in [-0.39, 0.29) is 23.0 Å². The fourth-order valence-corrected chi connectivity index (χ4v) is 3.27. The number of hydrogen-bond acceptors (Lipinski definition) is 2. The van der Waals surface area contributed by atoms with Crippen LogP contribution in [-0.4, -0.2) is 18.4 Å². The molecule has 1 aromatic rings. The van der Waals surface area contributed by atoms with E-state index in [1.165, 1.54) is 24.3 Å². The van der Waals surface area contributed by atoms with Gasteiger partial charge in [0.25, 0.3) is 5.91 Å². The van der Waals surface area contributed by atoms with Gasteiger partial charge >= 0.3 is 0 Å². The summed E-state index contributed by atoms with van der Waals surface area (Å²) in [6.07, 6.45) is 6.31. The quantitative estimate of drug-likeness (QED) is 0.901. The average Bonchev–Trinajstić information content (AvgIpc) is 2.53. The molecule has 2 N–H and O–H groups in total. The number of rotatable bonds is 3. The molecule has 0 radical (unpaired) electrons. The van der Waals surface area contributed by atoms with Crippen LogP contribution >= 0.6 is 0 Å². The SMILES string of the molecule is O=C1CCC2(CNC(=O)c3ccc(F)cc3)CCCC=C2N1. The second-order valence-electron chi connectivity index (χ2n) is 6.03. The van der Waals surface area contributed by atoms with Gasteiger partial charge in [0.15, 0.2) is 0 Å². The summed E-state index contributed by atoms with van der Waals surface area (Å²) >= 11 is 0. The van der Waals surface area contributed by atoms with Gasteiger partial charge in [0.1, 0.15) is 5.82 Å². The molecule has 1 unspecified atom stereocenters. The summed E-state index contributed by atoms with van der Waals surface area (Å²) in [4.78, 5) is 23.8. The minimum absolute atomic E-state index is 0.0497. The van der Waals surface area contributed by atoms with Crippen LogP contribution in [0, 0.1) is 11.2 Å². The fraction of sp³-hybridized carbons (Fsp3) is 0.412. The molecule has 1 aromatic carbocycles. The van der Waals surface area contributed by atoms with Crippen molar-refractivity contribution >= 4 is 11.8 Å². The summed E-state index contributed by atoms with van der Waals surface area (Å²) in [5.74, 6) is -0.521. The maximum absolute atomic E-state index is 12.9. The van der Waals surface area contributed by atoms with E-state index in [1.807, 2.05) is 0 Å². The van der Waals surface area contributed by atoms with Crippen molar-refractivity contribution in [1.82, 2.24) is 10.6 Å². The molecule has 1 aliphatic heterocycles. The molecule has 22 heavy (non-hydrogen) atoms. The molecule has 2 aliphatic rings. The van der Waals surface area contributed by atoms with Gasteiger partial charge in [-0.2, -0.15) is 0 Å². The van der Waals surface area contributed by atoms with Crippen LogP contribution in [0.25, 0.3) is 0 Å². The predicted molar refractivity (Wildman–Crippen MR) is 80.5 cm³/mol. The van der Waals surface area contributed by atoms with Crippen molar-refractivity contribution in [2.45, 2.75) is 32.1 Å². The van der Waals surface area contributed by atoms with Crippen LogP contribution < -0.4 is 10.6 Å². The number of hydrogen-bond donors (Lipinski definition) is 2. The first-order valence-electron chi connectivity index (χ1n) is 7.63. The minimum Gasteiger partial charge on any atom is -0.351 e. The third-order valence-electron chi connectivity index (χ3n) is 4.58. The summed E-state index contributed by atoms with van der Waals surface area (Å²) < 4.78 is 12.9. The van der Waals surface area contributed by atoms with E-state index in [2.05, 4.69) is 16.7 Å². The molecule has 1 aliphatic carbocycles. The molecule has 1 heterocycles. The van der Waals surface area contributed by atoms with E-state index >= 15 is 0 Å². The number of allylic oxidation sites excluding steroid dienone is 1. The van der Waals surface area contributed by atoms with Crippen molar-refractivity contribution in [3.05, 3.63) is 47.4 Å². The topological polar surface area (TPSA) is 58.2 Å². The zero-order valence-corrected chi connectivity index (χ0v) is 12.3. The van der Waals surface area contributed by atoms with E-state index < -0.39 is 0 Å². The third kappa shape index (κ3) is 2.89. The number of nitrogens with one attached hydrogen (secondary N) is 2. The highest BCUT2D eigenvalue weighted by Gasteiger charge is 2.40. The Morgan fingerprint density at radius 2 is 2.05 bits per heavy atom. The smallest absolute Gasteiger partial charge is 0.251 e. The van der Waals surface area contributed by atoms with Gasteiger partial charge < -0.3 is 10.6 Å². The molecule has 0 bridgehead atoms. The molecular formula is C17H19FN2O2.